The molecule has 134 valence electrons. The summed E-state index contributed by atoms with van der Waals surface area (Å²) in [4.78, 5) is 24.0. The fourth-order valence-corrected chi connectivity index (χ4v) is 3.97. The Hall–Kier alpha value is -2.21. The maximum Gasteiger partial charge on any atom is 0.335 e. The maximum absolute atomic E-state index is 13.1. The third-order valence-electron chi connectivity index (χ3n) is 5.11. The number of aromatic carboxylic acids is 1. The van der Waals surface area contributed by atoms with E-state index in [1.165, 1.54) is 12.1 Å². The van der Waals surface area contributed by atoms with Gasteiger partial charge in [0.1, 0.15) is 5.71 Å². The molecule has 1 aromatic carbocycles. The average Bonchev–Trinajstić information content (AvgIpc) is 2.57. The molecule has 2 N–H and O–H groups in total. The first-order chi connectivity index (χ1) is 11.8. The third-order valence-corrected chi connectivity index (χ3v) is 5.11. The van der Waals surface area contributed by atoms with Crippen molar-refractivity contribution in [3.8, 4) is 0 Å². The lowest BCUT2D eigenvalue weighted by Crippen LogP contribution is -2.49. The van der Waals surface area contributed by atoms with Gasteiger partial charge in [0.15, 0.2) is 5.78 Å². The number of ketones is 1. The van der Waals surface area contributed by atoms with Crippen molar-refractivity contribution in [1.29, 1.82) is 0 Å². The SMILES string of the molecule is CC1(C)CC(=NNc2ccc(C(=O)O)cc2)C(=O)C2(CCOCC2)C1. The van der Waals surface area contributed by atoms with Crippen LogP contribution in [0.25, 0.3) is 0 Å². The first kappa shape index (κ1) is 17.6. The summed E-state index contributed by atoms with van der Waals surface area (Å²) in [6, 6.07) is 6.32. The number of carboxylic acid groups (broad SMARTS) is 1. The van der Waals surface area contributed by atoms with Crippen LogP contribution >= 0.6 is 0 Å². The van der Waals surface area contributed by atoms with Crippen molar-refractivity contribution in [2.24, 2.45) is 15.9 Å². The quantitative estimate of drug-likeness (QED) is 0.821. The largest absolute Gasteiger partial charge is 0.478 e. The zero-order chi connectivity index (χ0) is 18.1. The van der Waals surface area contributed by atoms with Crippen LogP contribution in [-0.4, -0.2) is 35.8 Å². The van der Waals surface area contributed by atoms with Crippen LogP contribution < -0.4 is 5.43 Å². The molecule has 2 aliphatic rings. The van der Waals surface area contributed by atoms with Gasteiger partial charge >= 0.3 is 5.97 Å². The lowest BCUT2D eigenvalue weighted by Gasteiger charge is -2.45. The Kier molecular flexibility index (Phi) is 4.64. The second-order valence-corrected chi connectivity index (χ2v) is 7.79. The second kappa shape index (κ2) is 6.59. The number of rotatable bonds is 3. The van der Waals surface area contributed by atoms with Crippen molar-refractivity contribution in [2.75, 3.05) is 18.6 Å². The molecule has 6 nitrogen and oxygen atoms in total. The lowest BCUT2D eigenvalue weighted by atomic mass is 9.59. The summed E-state index contributed by atoms with van der Waals surface area (Å²) in [7, 11) is 0. The van der Waals surface area contributed by atoms with Crippen LogP contribution in [0.5, 0.6) is 0 Å². The highest BCUT2D eigenvalue weighted by atomic mass is 16.5. The molecular formula is C19H24N2O4. The van der Waals surface area contributed by atoms with Crippen LogP contribution in [-0.2, 0) is 9.53 Å². The zero-order valence-corrected chi connectivity index (χ0v) is 14.7. The van der Waals surface area contributed by atoms with Gasteiger partial charge in [-0.25, -0.2) is 4.79 Å². The minimum atomic E-state index is -0.969. The van der Waals surface area contributed by atoms with E-state index in [0.29, 0.717) is 31.0 Å². The number of anilines is 1. The number of Topliss-reactive ketones (excluding diaryl/α,β-unsaturated/α-hetero) is 1. The third kappa shape index (κ3) is 3.74. The van der Waals surface area contributed by atoms with Crippen LogP contribution in [0.3, 0.4) is 0 Å². The van der Waals surface area contributed by atoms with E-state index in [0.717, 1.165) is 19.3 Å². The van der Waals surface area contributed by atoms with E-state index in [-0.39, 0.29) is 22.2 Å². The fourth-order valence-electron chi connectivity index (χ4n) is 3.97. The smallest absolute Gasteiger partial charge is 0.335 e. The Labute approximate surface area is 147 Å². The van der Waals surface area contributed by atoms with Gasteiger partial charge < -0.3 is 9.84 Å². The number of hydrazone groups is 1. The highest BCUT2D eigenvalue weighted by molar-refractivity contribution is 6.42. The number of nitrogens with one attached hydrogen (secondary N) is 1. The molecule has 1 aromatic rings. The van der Waals surface area contributed by atoms with E-state index in [1.54, 1.807) is 12.1 Å². The maximum atomic E-state index is 13.1. The number of carbonyl (C=O) groups is 2. The molecule has 1 spiro atoms. The standard InChI is InChI=1S/C19H24N2O4/c1-18(2)11-15(16(22)19(12-18)7-9-25-10-8-19)21-20-14-5-3-13(4-6-14)17(23)24/h3-6,20H,7-12H2,1-2H3,(H,23,24). The molecule has 25 heavy (non-hydrogen) atoms. The van der Waals surface area contributed by atoms with Crippen LogP contribution in [0.4, 0.5) is 5.69 Å². The van der Waals surface area contributed by atoms with Crippen LogP contribution in [0.2, 0.25) is 0 Å². The van der Waals surface area contributed by atoms with E-state index in [4.69, 9.17) is 9.84 Å². The van der Waals surface area contributed by atoms with Gasteiger partial charge in [-0.1, -0.05) is 13.8 Å². The molecule has 0 bridgehead atoms. The summed E-state index contributed by atoms with van der Waals surface area (Å²) < 4.78 is 5.45. The van der Waals surface area contributed by atoms with Crippen molar-refractivity contribution in [2.45, 2.75) is 39.5 Å². The Morgan fingerprint density at radius 3 is 2.44 bits per heavy atom. The van der Waals surface area contributed by atoms with Gasteiger partial charge in [-0.3, -0.25) is 10.2 Å². The van der Waals surface area contributed by atoms with Crippen molar-refractivity contribution in [3.63, 3.8) is 0 Å². The van der Waals surface area contributed by atoms with Crippen molar-refractivity contribution < 1.29 is 19.4 Å². The minimum absolute atomic E-state index is 0.0128. The fraction of sp³-hybridized carbons (Fsp3) is 0.526. The summed E-state index contributed by atoms with van der Waals surface area (Å²) in [5, 5.41) is 13.3. The van der Waals surface area contributed by atoms with E-state index in [2.05, 4.69) is 24.4 Å². The van der Waals surface area contributed by atoms with Crippen LogP contribution in [0, 0.1) is 10.8 Å². The molecule has 1 saturated carbocycles. The predicted octanol–water partition coefficient (Wildman–Crippen LogP) is 3.34. The topological polar surface area (TPSA) is 88.0 Å². The number of ether oxygens (including phenoxy) is 1. The lowest BCUT2D eigenvalue weighted by molar-refractivity contribution is -0.132. The van der Waals surface area contributed by atoms with Crippen molar-refractivity contribution in [3.05, 3.63) is 29.8 Å². The van der Waals surface area contributed by atoms with Crippen molar-refractivity contribution in [1.82, 2.24) is 0 Å². The van der Waals surface area contributed by atoms with E-state index < -0.39 is 5.97 Å². The van der Waals surface area contributed by atoms with E-state index in [9.17, 15) is 9.59 Å². The van der Waals surface area contributed by atoms with E-state index >= 15 is 0 Å². The molecule has 6 heteroatoms. The number of hydrogen-bond donors (Lipinski definition) is 2. The molecule has 1 saturated heterocycles. The molecule has 3 rings (SSSR count). The monoisotopic (exact) mass is 344 g/mol. The number of benzene rings is 1. The first-order valence-corrected chi connectivity index (χ1v) is 8.60. The van der Waals surface area contributed by atoms with Gasteiger partial charge in [0.05, 0.1) is 11.3 Å². The van der Waals surface area contributed by atoms with Crippen LogP contribution in [0.15, 0.2) is 29.4 Å². The molecule has 0 atom stereocenters. The van der Waals surface area contributed by atoms with Gasteiger partial charge in [0.25, 0.3) is 0 Å². The average molecular weight is 344 g/mol. The number of carboxylic acids is 1. The van der Waals surface area contributed by atoms with Gasteiger partial charge in [0.2, 0.25) is 0 Å². The Morgan fingerprint density at radius 2 is 1.84 bits per heavy atom. The molecule has 0 aromatic heterocycles. The molecular weight excluding hydrogens is 320 g/mol. The molecule has 1 aliphatic carbocycles. The first-order valence-electron chi connectivity index (χ1n) is 8.60. The number of hydrogen-bond acceptors (Lipinski definition) is 5. The molecule has 1 heterocycles. The number of carbonyl (C=O) groups excluding carboxylic acids is 1. The van der Waals surface area contributed by atoms with Crippen molar-refractivity contribution >= 4 is 23.2 Å². The summed E-state index contributed by atoms with van der Waals surface area (Å²) >= 11 is 0. The molecule has 0 amide bonds. The Bertz CT molecular complexity index is 701. The highest BCUT2D eigenvalue weighted by Crippen LogP contribution is 2.48. The summed E-state index contributed by atoms with van der Waals surface area (Å²) in [5.74, 6) is -0.840. The van der Waals surface area contributed by atoms with Gasteiger partial charge in [-0.2, -0.15) is 5.10 Å². The number of nitrogens with zero attached hydrogens (tertiary/aromatic N) is 1. The zero-order valence-electron chi connectivity index (χ0n) is 14.7. The predicted molar refractivity (Wildman–Crippen MR) is 95.0 cm³/mol. The Morgan fingerprint density at radius 1 is 1.20 bits per heavy atom. The van der Waals surface area contributed by atoms with Gasteiger partial charge in [0, 0.05) is 25.0 Å². The molecule has 1 aliphatic heterocycles. The highest BCUT2D eigenvalue weighted by Gasteiger charge is 2.50. The van der Waals surface area contributed by atoms with Gasteiger partial charge in [-0.15, -0.1) is 0 Å². The molecule has 2 fully saturated rings. The molecule has 0 radical (unpaired) electrons. The second-order valence-electron chi connectivity index (χ2n) is 7.79. The minimum Gasteiger partial charge on any atom is -0.478 e. The summed E-state index contributed by atoms with van der Waals surface area (Å²) in [5.41, 5.74) is 4.02. The van der Waals surface area contributed by atoms with Gasteiger partial charge in [-0.05, 0) is 48.9 Å². The van der Waals surface area contributed by atoms with E-state index in [1.807, 2.05) is 0 Å². The van der Waals surface area contributed by atoms with Crippen LogP contribution in [0.1, 0.15) is 49.9 Å². The molecule has 0 unspecified atom stereocenters. The normalized spacial score (nSPS) is 23.6. The Balaban J connectivity index is 1.80. The summed E-state index contributed by atoms with van der Waals surface area (Å²) in [6.07, 6.45) is 3.01. The summed E-state index contributed by atoms with van der Waals surface area (Å²) in [6.45, 7) is 5.60.